The highest BCUT2D eigenvalue weighted by molar-refractivity contribution is 7.90. The average molecular weight is 643 g/mol. The van der Waals surface area contributed by atoms with E-state index in [4.69, 9.17) is 16.3 Å². The summed E-state index contributed by atoms with van der Waals surface area (Å²) in [5.41, 5.74) is 3.28. The lowest BCUT2D eigenvalue weighted by atomic mass is 9.68. The number of rotatable bonds is 3. The van der Waals surface area contributed by atoms with Gasteiger partial charge in [-0.25, -0.2) is 8.42 Å². The second-order valence-electron chi connectivity index (χ2n) is 13.9. The summed E-state index contributed by atoms with van der Waals surface area (Å²) < 4.78 is 36.4. The third-order valence-electron chi connectivity index (χ3n) is 11.0. The largest absolute Gasteiger partial charge is 0.491 e. The van der Waals surface area contributed by atoms with Crippen LogP contribution in [0.3, 0.4) is 0 Å². The number of carbonyl (C=O) groups excluding carboxylic acids is 1. The smallest absolute Gasteiger partial charge is 0.240 e. The SMILES string of the molecule is CCCC[C@H]1[C@@H](C)C/C=C/[C@H](O)[C@@H]2CC[C@H]2CN2C[C@@]3(CCCc4cc(Cl)ccc43)COC3=C2CC(C=C3)C(=O)NS1(=O)=O. The molecule has 7 atom stereocenters. The van der Waals surface area contributed by atoms with Crippen molar-refractivity contribution in [3.63, 3.8) is 0 Å². The molecule has 1 aromatic carbocycles. The summed E-state index contributed by atoms with van der Waals surface area (Å²) in [6.07, 6.45) is 15.0. The van der Waals surface area contributed by atoms with E-state index in [-0.39, 0.29) is 17.3 Å². The maximum absolute atomic E-state index is 13.7. The molecule has 1 fully saturated rings. The lowest BCUT2D eigenvalue weighted by Gasteiger charge is -2.46. The Labute approximate surface area is 267 Å². The van der Waals surface area contributed by atoms with Crippen LogP contribution in [-0.4, -0.2) is 55.4 Å². The number of ether oxygens (including phenoxy) is 1. The number of amides is 1. The van der Waals surface area contributed by atoms with Gasteiger partial charge in [0.2, 0.25) is 15.9 Å². The molecule has 2 bridgehead atoms. The Balaban J connectivity index is 1.36. The van der Waals surface area contributed by atoms with Crippen LogP contribution in [0, 0.1) is 23.7 Å². The Hall–Kier alpha value is -2.29. The van der Waals surface area contributed by atoms with Crippen LogP contribution < -0.4 is 4.72 Å². The Morgan fingerprint density at radius 2 is 2.07 bits per heavy atom. The normalized spacial score (nSPS) is 35.9. The van der Waals surface area contributed by atoms with E-state index in [2.05, 4.69) is 21.8 Å². The van der Waals surface area contributed by atoms with Crippen LogP contribution in [0.25, 0.3) is 0 Å². The molecule has 1 aromatic rings. The van der Waals surface area contributed by atoms with E-state index in [1.54, 1.807) is 6.08 Å². The number of aliphatic hydroxyl groups excluding tert-OH is 1. The molecule has 5 aliphatic rings. The standard InChI is InChI=1S/C35H47ClN2O5S/c1-3-4-10-33-23(2)7-5-9-31(39)28-14-11-26(28)20-38-21-35(17-6-8-24-18-27(36)13-15-29(24)35)22-43-32-16-12-25(19-30(32)38)34(40)37-44(33,41)42/h5,9,12-13,15-16,18,23,25-26,28,31,33,39H,3-4,6-8,10-11,14,17,19-22H2,1-2H3,(H,37,40)/b9-5+/t23-,25?,26-,28+,31-,33-,35-/m0/s1. The fourth-order valence-electron chi connectivity index (χ4n) is 8.25. The van der Waals surface area contributed by atoms with E-state index in [0.717, 1.165) is 74.5 Å². The predicted molar refractivity (Wildman–Crippen MR) is 173 cm³/mol. The molecule has 240 valence electrons. The summed E-state index contributed by atoms with van der Waals surface area (Å²) in [5.74, 6) is -0.0491. The van der Waals surface area contributed by atoms with Crippen molar-refractivity contribution in [3.8, 4) is 0 Å². The minimum Gasteiger partial charge on any atom is -0.491 e. The molecular weight excluding hydrogens is 596 g/mol. The van der Waals surface area contributed by atoms with Gasteiger partial charge in [0.25, 0.3) is 0 Å². The number of benzene rings is 1. The van der Waals surface area contributed by atoms with Gasteiger partial charge in [0.05, 0.1) is 29.6 Å². The zero-order valence-corrected chi connectivity index (χ0v) is 27.6. The highest BCUT2D eigenvalue weighted by Crippen LogP contribution is 2.46. The molecule has 0 saturated heterocycles. The van der Waals surface area contributed by atoms with Crippen molar-refractivity contribution in [1.82, 2.24) is 9.62 Å². The van der Waals surface area contributed by atoms with E-state index < -0.39 is 33.2 Å². The lowest BCUT2D eigenvalue weighted by molar-refractivity contribution is -0.122. The van der Waals surface area contributed by atoms with Gasteiger partial charge in [0, 0.05) is 29.9 Å². The highest BCUT2D eigenvalue weighted by atomic mass is 35.5. The van der Waals surface area contributed by atoms with Gasteiger partial charge in [-0.2, -0.15) is 0 Å². The maximum atomic E-state index is 13.7. The number of hydrogen-bond acceptors (Lipinski definition) is 6. The van der Waals surface area contributed by atoms with Gasteiger partial charge >= 0.3 is 0 Å². The van der Waals surface area contributed by atoms with E-state index in [1.165, 1.54) is 11.1 Å². The number of unbranched alkanes of at least 4 members (excludes halogenated alkanes) is 1. The Bertz CT molecular complexity index is 1450. The van der Waals surface area contributed by atoms with Crippen molar-refractivity contribution in [2.45, 2.75) is 94.8 Å². The Morgan fingerprint density at radius 1 is 1.23 bits per heavy atom. The quantitative estimate of drug-likeness (QED) is 0.392. The number of sulfonamides is 1. The fraction of sp³-hybridized carbons (Fsp3) is 0.629. The number of aliphatic hydroxyl groups is 1. The van der Waals surface area contributed by atoms with E-state index >= 15 is 0 Å². The van der Waals surface area contributed by atoms with E-state index in [1.807, 2.05) is 38.1 Å². The first-order chi connectivity index (χ1) is 21.1. The zero-order valence-electron chi connectivity index (χ0n) is 26.0. The fourth-order valence-corrected chi connectivity index (χ4v) is 10.2. The van der Waals surface area contributed by atoms with Gasteiger partial charge in [-0.15, -0.1) is 0 Å². The van der Waals surface area contributed by atoms with Crippen molar-refractivity contribution >= 4 is 27.5 Å². The van der Waals surface area contributed by atoms with Crippen molar-refractivity contribution in [2.24, 2.45) is 23.7 Å². The topological polar surface area (TPSA) is 95.9 Å². The van der Waals surface area contributed by atoms with Crippen LogP contribution in [0.15, 0.2) is 54.0 Å². The molecule has 1 spiro atoms. The van der Waals surface area contributed by atoms with Gasteiger partial charge in [-0.1, -0.05) is 62.6 Å². The first-order valence-corrected chi connectivity index (χ1v) is 18.5. The summed E-state index contributed by atoms with van der Waals surface area (Å²) in [7, 11) is -3.90. The van der Waals surface area contributed by atoms with Gasteiger partial charge < -0.3 is 14.7 Å². The monoisotopic (exact) mass is 642 g/mol. The lowest BCUT2D eigenvalue weighted by Crippen LogP contribution is -2.49. The summed E-state index contributed by atoms with van der Waals surface area (Å²) in [6.45, 7) is 6.01. The highest BCUT2D eigenvalue weighted by Gasteiger charge is 2.45. The van der Waals surface area contributed by atoms with Gasteiger partial charge in [-0.3, -0.25) is 9.52 Å². The molecule has 2 N–H and O–H groups in total. The van der Waals surface area contributed by atoms with Crippen LogP contribution in [0.1, 0.15) is 82.8 Å². The molecule has 1 amide bonds. The second kappa shape index (κ2) is 12.8. The number of nitrogens with one attached hydrogen (secondary N) is 1. The van der Waals surface area contributed by atoms with Crippen molar-refractivity contribution in [3.05, 3.63) is 70.1 Å². The number of nitrogens with zero attached hydrogens (tertiary/aromatic N) is 1. The summed E-state index contributed by atoms with van der Waals surface area (Å²) >= 11 is 6.41. The van der Waals surface area contributed by atoms with Crippen LogP contribution in [0.4, 0.5) is 0 Å². The van der Waals surface area contributed by atoms with E-state index in [0.29, 0.717) is 31.8 Å². The van der Waals surface area contributed by atoms with Crippen molar-refractivity contribution in [1.29, 1.82) is 0 Å². The molecule has 3 aliphatic carbocycles. The molecule has 2 aliphatic heterocycles. The number of halogens is 1. The minimum absolute atomic E-state index is 0.147. The Kier molecular flexibility index (Phi) is 9.25. The molecule has 2 heterocycles. The van der Waals surface area contributed by atoms with Gasteiger partial charge in [0.15, 0.2) is 0 Å². The number of carbonyl (C=O) groups is 1. The third-order valence-corrected chi connectivity index (χ3v) is 13.2. The number of hydrogen-bond donors (Lipinski definition) is 2. The van der Waals surface area contributed by atoms with Crippen LogP contribution >= 0.6 is 11.6 Å². The van der Waals surface area contributed by atoms with Crippen LogP contribution in [-0.2, 0) is 31.4 Å². The third kappa shape index (κ3) is 6.23. The zero-order chi connectivity index (χ0) is 31.1. The molecule has 7 nitrogen and oxygen atoms in total. The predicted octanol–water partition coefficient (Wildman–Crippen LogP) is 6.02. The summed E-state index contributed by atoms with van der Waals surface area (Å²) in [5, 5.41) is 11.3. The van der Waals surface area contributed by atoms with Gasteiger partial charge in [0.1, 0.15) is 5.76 Å². The average Bonchev–Trinajstić information content (AvgIpc) is 3.11. The number of aryl methyl sites for hydroxylation is 1. The second-order valence-corrected chi connectivity index (χ2v) is 16.2. The first-order valence-electron chi connectivity index (χ1n) is 16.6. The molecule has 9 heteroatoms. The van der Waals surface area contributed by atoms with Gasteiger partial charge in [-0.05, 0) is 92.0 Å². The number of allylic oxidation sites excluding steroid dienone is 3. The minimum atomic E-state index is -3.90. The summed E-state index contributed by atoms with van der Waals surface area (Å²) in [4.78, 5) is 16.1. The molecule has 1 saturated carbocycles. The number of fused-ring (bicyclic) bond motifs is 4. The van der Waals surface area contributed by atoms with E-state index in [9.17, 15) is 18.3 Å². The van der Waals surface area contributed by atoms with Crippen molar-refractivity contribution in [2.75, 3.05) is 19.7 Å². The molecule has 6 rings (SSSR count). The molecule has 0 radical (unpaired) electrons. The molecule has 1 unspecified atom stereocenters. The molecule has 44 heavy (non-hydrogen) atoms. The molecule has 0 aromatic heterocycles. The first kappa shape index (κ1) is 31.7. The Morgan fingerprint density at radius 3 is 2.84 bits per heavy atom. The summed E-state index contributed by atoms with van der Waals surface area (Å²) in [6, 6.07) is 6.22. The van der Waals surface area contributed by atoms with Crippen molar-refractivity contribution < 1.29 is 23.1 Å². The maximum Gasteiger partial charge on any atom is 0.240 e. The van der Waals surface area contributed by atoms with Crippen LogP contribution in [0.2, 0.25) is 5.02 Å². The molecular formula is C35H47ClN2O5S. The van der Waals surface area contributed by atoms with Crippen LogP contribution in [0.5, 0.6) is 0 Å².